The quantitative estimate of drug-likeness (QED) is 0.715. The fourth-order valence-electron chi connectivity index (χ4n) is 3.35. The monoisotopic (exact) mass is 299 g/mol. The lowest BCUT2D eigenvalue weighted by molar-refractivity contribution is -0.117. The Kier molecular flexibility index (Phi) is 2.90. The molecular formula is C15H17N5O2. The van der Waals surface area contributed by atoms with Crippen molar-refractivity contribution >= 4 is 28.5 Å². The topological polar surface area (TPSA) is 87.0 Å². The SMILES string of the molecule is CC(O)c1nc2cnc3[nH]ccc3c2n1C1CCN(C=O)C1. The maximum Gasteiger partial charge on any atom is 0.209 e. The second kappa shape index (κ2) is 4.81. The van der Waals surface area contributed by atoms with Crippen LogP contribution in [0.15, 0.2) is 18.5 Å². The number of aromatic nitrogens is 4. The van der Waals surface area contributed by atoms with Crippen molar-refractivity contribution in [1.29, 1.82) is 0 Å². The number of carbonyl (C=O) groups excluding carboxylic acids is 1. The first-order chi connectivity index (χ1) is 10.7. The molecule has 2 N–H and O–H groups in total. The van der Waals surface area contributed by atoms with Gasteiger partial charge in [0, 0.05) is 24.7 Å². The van der Waals surface area contributed by atoms with E-state index in [0.29, 0.717) is 12.4 Å². The van der Waals surface area contributed by atoms with Crippen LogP contribution in [0.2, 0.25) is 0 Å². The molecule has 0 aromatic carbocycles. The number of nitrogens with zero attached hydrogens (tertiary/aromatic N) is 4. The molecule has 1 aliphatic rings. The molecule has 114 valence electrons. The summed E-state index contributed by atoms with van der Waals surface area (Å²) in [5, 5.41) is 11.1. The number of aliphatic hydroxyl groups is 1. The van der Waals surface area contributed by atoms with Crippen molar-refractivity contribution in [3.05, 3.63) is 24.3 Å². The Morgan fingerprint density at radius 3 is 3.14 bits per heavy atom. The van der Waals surface area contributed by atoms with Crippen molar-refractivity contribution in [3.63, 3.8) is 0 Å². The maximum atomic E-state index is 11.0. The zero-order valence-corrected chi connectivity index (χ0v) is 12.2. The molecule has 1 fully saturated rings. The van der Waals surface area contributed by atoms with Crippen LogP contribution < -0.4 is 0 Å². The van der Waals surface area contributed by atoms with E-state index >= 15 is 0 Å². The first kappa shape index (κ1) is 13.3. The van der Waals surface area contributed by atoms with Gasteiger partial charge in [-0.15, -0.1) is 0 Å². The van der Waals surface area contributed by atoms with Gasteiger partial charge < -0.3 is 19.6 Å². The van der Waals surface area contributed by atoms with Crippen LogP contribution in [0.4, 0.5) is 0 Å². The van der Waals surface area contributed by atoms with Gasteiger partial charge in [-0.3, -0.25) is 4.79 Å². The molecule has 4 rings (SSSR count). The maximum absolute atomic E-state index is 11.0. The third-order valence-corrected chi connectivity index (χ3v) is 4.34. The number of hydrogen-bond acceptors (Lipinski definition) is 4. The molecule has 2 unspecified atom stereocenters. The van der Waals surface area contributed by atoms with Crippen LogP contribution in [0, 0.1) is 0 Å². The highest BCUT2D eigenvalue weighted by Crippen LogP contribution is 2.33. The van der Waals surface area contributed by atoms with Gasteiger partial charge in [-0.05, 0) is 19.4 Å². The predicted molar refractivity (Wildman–Crippen MR) is 81.3 cm³/mol. The minimum Gasteiger partial charge on any atom is -0.385 e. The Balaban J connectivity index is 1.98. The van der Waals surface area contributed by atoms with Crippen molar-refractivity contribution in [3.8, 4) is 0 Å². The summed E-state index contributed by atoms with van der Waals surface area (Å²) in [6.45, 7) is 3.09. The van der Waals surface area contributed by atoms with E-state index in [2.05, 4.69) is 19.5 Å². The highest BCUT2D eigenvalue weighted by atomic mass is 16.3. The smallest absolute Gasteiger partial charge is 0.209 e. The predicted octanol–water partition coefficient (Wildman–Crippen LogP) is 1.37. The van der Waals surface area contributed by atoms with Crippen molar-refractivity contribution in [2.45, 2.75) is 25.5 Å². The molecule has 0 radical (unpaired) electrons. The van der Waals surface area contributed by atoms with Crippen LogP contribution in [0.1, 0.15) is 31.3 Å². The standard InChI is InChI=1S/C15H17N5O2/c1-9(22)15-18-12-6-17-14-11(2-4-16-14)13(12)20(15)10-3-5-19(7-10)8-21/h2,4,6,8-10,22H,3,5,7H2,1H3,(H,16,17). The van der Waals surface area contributed by atoms with E-state index in [1.165, 1.54) is 0 Å². The van der Waals surface area contributed by atoms with Crippen LogP contribution in [0.3, 0.4) is 0 Å². The van der Waals surface area contributed by atoms with Gasteiger partial charge in [0.25, 0.3) is 0 Å². The second-order valence-electron chi connectivity index (χ2n) is 5.79. The van der Waals surface area contributed by atoms with Crippen LogP contribution in [0.5, 0.6) is 0 Å². The number of aromatic amines is 1. The van der Waals surface area contributed by atoms with Gasteiger partial charge in [-0.25, -0.2) is 9.97 Å². The molecular weight excluding hydrogens is 282 g/mol. The molecule has 0 spiro atoms. The minimum absolute atomic E-state index is 0.125. The number of imidazole rings is 1. The van der Waals surface area contributed by atoms with E-state index in [-0.39, 0.29) is 6.04 Å². The number of likely N-dealkylation sites (tertiary alicyclic amines) is 1. The molecule has 4 heterocycles. The highest BCUT2D eigenvalue weighted by molar-refractivity contribution is 6.01. The van der Waals surface area contributed by atoms with Crippen molar-refractivity contribution in [1.82, 2.24) is 24.4 Å². The van der Waals surface area contributed by atoms with E-state index in [1.807, 2.05) is 12.3 Å². The van der Waals surface area contributed by atoms with Gasteiger partial charge in [0.15, 0.2) is 0 Å². The van der Waals surface area contributed by atoms with Gasteiger partial charge in [-0.2, -0.15) is 0 Å². The number of pyridine rings is 1. The van der Waals surface area contributed by atoms with E-state index < -0.39 is 6.10 Å². The molecule has 1 saturated heterocycles. The third kappa shape index (κ3) is 1.82. The lowest BCUT2D eigenvalue weighted by atomic mass is 10.2. The Labute approximate surface area is 126 Å². The Bertz CT molecular complexity index is 850. The van der Waals surface area contributed by atoms with E-state index in [0.717, 1.165) is 41.4 Å². The molecule has 3 aromatic heterocycles. The Morgan fingerprint density at radius 2 is 2.41 bits per heavy atom. The molecule has 0 bridgehead atoms. The van der Waals surface area contributed by atoms with Gasteiger partial charge in [0.2, 0.25) is 6.41 Å². The fourth-order valence-corrected chi connectivity index (χ4v) is 3.35. The first-order valence-corrected chi connectivity index (χ1v) is 7.40. The number of amides is 1. The Morgan fingerprint density at radius 1 is 1.55 bits per heavy atom. The average Bonchev–Trinajstić information content (AvgIpc) is 3.22. The molecule has 0 saturated carbocycles. The summed E-state index contributed by atoms with van der Waals surface area (Å²) in [5.41, 5.74) is 2.54. The second-order valence-corrected chi connectivity index (χ2v) is 5.79. The fraction of sp³-hybridized carbons (Fsp3) is 0.400. The number of carbonyl (C=O) groups is 1. The molecule has 0 aliphatic carbocycles. The highest BCUT2D eigenvalue weighted by Gasteiger charge is 2.28. The van der Waals surface area contributed by atoms with Crippen LogP contribution in [-0.4, -0.2) is 49.0 Å². The average molecular weight is 299 g/mol. The zero-order valence-electron chi connectivity index (χ0n) is 12.2. The number of H-pyrrole nitrogens is 1. The number of hydrogen-bond donors (Lipinski definition) is 2. The van der Waals surface area contributed by atoms with Gasteiger partial charge >= 0.3 is 0 Å². The summed E-state index contributed by atoms with van der Waals surface area (Å²) in [5.74, 6) is 0.628. The zero-order chi connectivity index (χ0) is 15.3. The van der Waals surface area contributed by atoms with Gasteiger partial charge in [0.1, 0.15) is 23.1 Å². The number of nitrogens with one attached hydrogen (secondary N) is 1. The molecule has 1 amide bonds. The van der Waals surface area contributed by atoms with E-state index in [9.17, 15) is 9.90 Å². The normalized spacial score (nSPS) is 20.1. The summed E-state index contributed by atoms with van der Waals surface area (Å²) in [4.78, 5) is 24.8. The largest absolute Gasteiger partial charge is 0.385 e. The molecule has 2 atom stereocenters. The number of fused-ring (bicyclic) bond motifs is 3. The minimum atomic E-state index is -0.674. The van der Waals surface area contributed by atoms with Gasteiger partial charge in [0.05, 0.1) is 17.8 Å². The lowest BCUT2D eigenvalue weighted by Crippen LogP contribution is -2.21. The molecule has 1 aliphatic heterocycles. The lowest BCUT2D eigenvalue weighted by Gasteiger charge is -2.18. The van der Waals surface area contributed by atoms with Crippen molar-refractivity contribution in [2.75, 3.05) is 13.1 Å². The summed E-state index contributed by atoms with van der Waals surface area (Å²) in [7, 11) is 0. The van der Waals surface area contributed by atoms with E-state index in [4.69, 9.17) is 0 Å². The molecule has 7 heteroatoms. The summed E-state index contributed by atoms with van der Waals surface area (Å²) < 4.78 is 2.08. The summed E-state index contributed by atoms with van der Waals surface area (Å²) in [6, 6.07) is 2.10. The number of rotatable bonds is 3. The molecule has 3 aromatic rings. The summed E-state index contributed by atoms with van der Waals surface area (Å²) in [6.07, 6.45) is 4.64. The van der Waals surface area contributed by atoms with E-state index in [1.54, 1.807) is 18.0 Å². The third-order valence-electron chi connectivity index (χ3n) is 4.34. The van der Waals surface area contributed by atoms with Crippen LogP contribution in [-0.2, 0) is 4.79 Å². The number of aliphatic hydroxyl groups excluding tert-OH is 1. The summed E-state index contributed by atoms with van der Waals surface area (Å²) >= 11 is 0. The van der Waals surface area contributed by atoms with Crippen LogP contribution >= 0.6 is 0 Å². The van der Waals surface area contributed by atoms with Crippen LogP contribution in [0.25, 0.3) is 22.1 Å². The van der Waals surface area contributed by atoms with Gasteiger partial charge in [-0.1, -0.05) is 0 Å². The molecule has 22 heavy (non-hydrogen) atoms. The first-order valence-electron chi connectivity index (χ1n) is 7.40. The molecule has 7 nitrogen and oxygen atoms in total. The van der Waals surface area contributed by atoms with Crippen molar-refractivity contribution in [2.24, 2.45) is 0 Å². The van der Waals surface area contributed by atoms with Crippen molar-refractivity contribution < 1.29 is 9.90 Å². The Hall–Kier alpha value is -2.41.